The fourth-order valence-corrected chi connectivity index (χ4v) is 3.13. The van der Waals surface area contributed by atoms with Gasteiger partial charge in [-0.3, -0.25) is 14.4 Å². The third-order valence-corrected chi connectivity index (χ3v) is 4.69. The van der Waals surface area contributed by atoms with E-state index in [1.807, 2.05) is 26.0 Å². The van der Waals surface area contributed by atoms with Gasteiger partial charge in [-0.2, -0.15) is 0 Å². The summed E-state index contributed by atoms with van der Waals surface area (Å²) in [6.45, 7) is 9.37. The standard InChI is InChI=1S/C23H36N4O5/c1-7-8-13-25-20(29)19(16-12-10-9-11-15(16)2)27(6)21(30)17(14-18(24)28)26-22(31)32-23(3,4)5/h9-12,17,19H,7-8,13-14H2,1-6H3,(H2,24,28)(H,25,29)(H,26,31). The molecule has 0 radical (unpaired) electrons. The molecule has 9 heteroatoms. The second-order valence-electron chi connectivity index (χ2n) is 8.72. The molecule has 0 aliphatic carbocycles. The number of nitrogens with zero attached hydrogens (tertiary/aromatic N) is 1. The fraction of sp³-hybridized carbons (Fsp3) is 0.565. The highest BCUT2D eigenvalue weighted by atomic mass is 16.6. The van der Waals surface area contributed by atoms with Crippen molar-refractivity contribution in [3.8, 4) is 0 Å². The summed E-state index contributed by atoms with van der Waals surface area (Å²) in [6, 6.07) is 5.02. The number of amides is 4. The van der Waals surface area contributed by atoms with Crippen molar-refractivity contribution in [1.29, 1.82) is 0 Å². The molecule has 9 nitrogen and oxygen atoms in total. The number of carbonyl (C=O) groups is 4. The quantitative estimate of drug-likeness (QED) is 0.472. The molecule has 1 aromatic carbocycles. The summed E-state index contributed by atoms with van der Waals surface area (Å²) in [6.07, 6.45) is 0.421. The highest BCUT2D eigenvalue weighted by Crippen LogP contribution is 2.24. The lowest BCUT2D eigenvalue weighted by atomic mass is 9.98. The molecule has 0 aliphatic heterocycles. The van der Waals surface area contributed by atoms with Crippen LogP contribution >= 0.6 is 0 Å². The zero-order valence-electron chi connectivity index (χ0n) is 19.9. The largest absolute Gasteiger partial charge is 0.444 e. The van der Waals surface area contributed by atoms with E-state index in [4.69, 9.17) is 10.5 Å². The maximum Gasteiger partial charge on any atom is 0.408 e. The Morgan fingerprint density at radius 3 is 2.31 bits per heavy atom. The maximum absolute atomic E-state index is 13.3. The van der Waals surface area contributed by atoms with Gasteiger partial charge in [0.2, 0.25) is 17.7 Å². The van der Waals surface area contributed by atoms with Crippen molar-refractivity contribution >= 4 is 23.8 Å². The normalized spacial score (nSPS) is 12.9. The molecule has 0 aliphatic rings. The second-order valence-corrected chi connectivity index (χ2v) is 8.72. The van der Waals surface area contributed by atoms with Gasteiger partial charge in [-0.15, -0.1) is 0 Å². The van der Waals surface area contributed by atoms with E-state index in [0.717, 1.165) is 18.4 Å². The number of primary amides is 1. The predicted octanol–water partition coefficient (Wildman–Crippen LogP) is 2.18. The fourth-order valence-electron chi connectivity index (χ4n) is 3.13. The number of hydrogen-bond acceptors (Lipinski definition) is 5. The zero-order chi connectivity index (χ0) is 24.5. The van der Waals surface area contributed by atoms with E-state index in [1.54, 1.807) is 32.9 Å². The molecular formula is C23H36N4O5. The molecule has 0 aromatic heterocycles. The van der Waals surface area contributed by atoms with Crippen LogP contribution < -0.4 is 16.4 Å². The van der Waals surface area contributed by atoms with Crippen LogP contribution in [0, 0.1) is 6.92 Å². The Kier molecular flexibility index (Phi) is 10.2. The van der Waals surface area contributed by atoms with E-state index in [2.05, 4.69) is 10.6 Å². The Bertz CT molecular complexity index is 819. The van der Waals surface area contributed by atoms with Crippen LogP contribution in [0.2, 0.25) is 0 Å². The third kappa shape index (κ3) is 8.56. The number of nitrogens with one attached hydrogen (secondary N) is 2. The molecule has 32 heavy (non-hydrogen) atoms. The monoisotopic (exact) mass is 448 g/mol. The Hall–Kier alpha value is -3.10. The number of ether oxygens (including phenoxy) is 1. The van der Waals surface area contributed by atoms with E-state index in [1.165, 1.54) is 11.9 Å². The Labute approximate surface area is 190 Å². The van der Waals surface area contributed by atoms with E-state index in [9.17, 15) is 19.2 Å². The second kappa shape index (κ2) is 12.1. The minimum atomic E-state index is -1.28. The molecule has 0 bridgehead atoms. The Morgan fingerprint density at radius 2 is 1.78 bits per heavy atom. The van der Waals surface area contributed by atoms with Crippen molar-refractivity contribution < 1.29 is 23.9 Å². The minimum Gasteiger partial charge on any atom is -0.444 e. The third-order valence-electron chi connectivity index (χ3n) is 4.69. The molecule has 0 saturated carbocycles. The number of hydrogen-bond donors (Lipinski definition) is 3. The summed E-state index contributed by atoms with van der Waals surface area (Å²) in [5, 5.41) is 5.27. The van der Waals surface area contributed by atoms with Gasteiger partial charge >= 0.3 is 6.09 Å². The number of unbranched alkanes of at least 4 members (excludes halogenated alkanes) is 1. The first-order valence-electron chi connectivity index (χ1n) is 10.7. The topological polar surface area (TPSA) is 131 Å². The number of nitrogens with two attached hydrogens (primary N) is 1. The molecule has 0 fully saturated rings. The van der Waals surface area contributed by atoms with Crippen molar-refractivity contribution in [3.63, 3.8) is 0 Å². The molecule has 4 amide bonds. The highest BCUT2D eigenvalue weighted by Gasteiger charge is 2.35. The number of rotatable bonds is 10. The molecular weight excluding hydrogens is 412 g/mol. The van der Waals surface area contributed by atoms with Crippen molar-refractivity contribution in [2.45, 2.75) is 71.6 Å². The number of carbonyl (C=O) groups excluding carboxylic acids is 4. The van der Waals surface area contributed by atoms with Crippen LogP contribution in [0.1, 0.15) is 64.1 Å². The number of aryl methyl sites for hydroxylation is 1. The predicted molar refractivity (Wildman–Crippen MR) is 122 cm³/mol. The smallest absolute Gasteiger partial charge is 0.408 e. The summed E-state index contributed by atoms with van der Waals surface area (Å²) in [5.41, 5.74) is 5.99. The van der Waals surface area contributed by atoms with Crippen LogP contribution in [0.25, 0.3) is 0 Å². The summed E-state index contributed by atoms with van der Waals surface area (Å²) in [5.74, 6) is -1.75. The lowest BCUT2D eigenvalue weighted by Gasteiger charge is -2.32. The van der Waals surface area contributed by atoms with E-state index < -0.39 is 42.0 Å². The molecule has 1 rings (SSSR count). The van der Waals surface area contributed by atoms with Gasteiger partial charge in [0.25, 0.3) is 0 Å². The zero-order valence-corrected chi connectivity index (χ0v) is 19.9. The van der Waals surface area contributed by atoms with Crippen LogP contribution in [0.4, 0.5) is 4.79 Å². The van der Waals surface area contributed by atoms with Crippen molar-refractivity contribution in [1.82, 2.24) is 15.5 Å². The molecule has 2 atom stereocenters. The SMILES string of the molecule is CCCCNC(=O)C(c1ccccc1C)N(C)C(=O)C(CC(N)=O)NC(=O)OC(C)(C)C. The summed E-state index contributed by atoms with van der Waals surface area (Å²) in [4.78, 5) is 51.4. The van der Waals surface area contributed by atoms with Crippen molar-refractivity contribution in [2.75, 3.05) is 13.6 Å². The first-order chi connectivity index (χ1) is 14.9. The summed E-state index contributed by atoms with van der Waals surface area (Å²) < 4.78 is 5.20. The van der Waals surface area contributed by atoms with E-state index >= 15 is 0 Å². The first-order valence-corrected chi connectivity index (χ1v) is 10.7. The lowest BCUT2D eigenvalue weighted by molar-refractivity contribution is -0.141. The Morgan fingerprint density at radius 1 is 1.16 bits per heavy atom. The number of benzene rings is 1. The number of alkyl carbamates (subject to hydrolysis) is 1. The molecule has 2 unspecified atom stereocenters. The average Bonchev–Trinajstić information content (AvgIpc) is 2.66. The van der Waals surface area contributed by atoms with Crippen LogP contribution in [-0.2, 0) is 19.1 Å². The molecule has 1 aromatic rings. The van der Waals surface area contributed by atoms with Crippen molar-refractivity contribution in [2.24, 2.45) is 5.73 Å². The Balaban J connectivity index is 3.22. The molecule has 0 heterocycles. The van der Waals surface area contributed by atoms with E-state index in [-0.39, 0.29) is 5.91 Å². The van der Waals surface area contributed by atoms with Gasteiger partial charge in [0, 0.05) is 13.6 Å². The summed E-state index contributed by atoms with van der Waals surface area (Å²) >= 11 is 0. The van der Waals surface area contributed by atoms with Crippen LogP contribution in [0.15, 0.2) is 24.3 Å². The van der Waals surface area contributed by atoms with Crippen molar-refractivity contribution in [3.05, 3.63) is 35.4 Å². The molecule has 178 valence electrons. The van der Waals surface area contributed by atoms with Gasteiger partial charge in [-0.1, -0.05) is 37.6 Å². The first kappa shape index (κ1) is 26.9. The average molecular weight is 449 g/mol. The van der Waals surface area contributed by atoms with Crippen LogP contribution in [-0.4, -0.2) is 54.0 Å². The van der Waals surface area contributed by atoms with Gasteiger partial charge in [0.05, 0.1) is 6.42 Å². The van der Waals surface area contributed by atoms with Crippen LogP contribution in [0.5, 0.6) is 0 Å². The highest BCUT2D eigenvalue weighted by molar-refractivity contribution is 5.94. The minimum absolute atomic E-state index is 0.348. The van der Waals surface area contributed by atoms with E-state index in [0.29, 0.717) is 12.1 Å². The molecule has 4 N–H and O–H groups in total. The molecule has 0 saturated heterocycles. The molecule has 0 spiro atoms. The van der Waals surface area contributed by atoms with Crippen LogP contribution in [0.3, 0.4) is 0 Å². The van der Waals surface area contributed by atoms with Gasteiger partial charge in [-0.25, -0.2) is 4.79 Å². The number of likely N-dealkylation sites (N-methyl/N-ethyl adjacent to an activating group) is 1. The maximum atomic E-state index is 13.3. The van der Waals surface area contributed by atoms with Gasteiger partial charge in [0.1, 0.15) is 17.7 Å². The van der Waals surface area contributed by atoms with Gasteiger partial charge < -0.3 is 26.0 Å². The van der Waals surface area contributed by atoms with Gasteiger partial charge in [0.15, 0.2) is 0 Å². The lowest BCUT2D eigenvalue weighted by Crippen LogP contribution is -2.53. The van der Waals surface area contributed by atoms with Gasteiger partial charge in [-0.05, 0) is 45.2 Å². The summed E-state index contributed by atoms with van der Waals surface area (Å²) in [7, 11) is 1.46.